The van der Waals surface area contributed by atoms with Gasteiger partial charge in [0.25, 0.3) is 0 Å². The predicted molar refractivity (Wildman–Crippen MR) is 164 cm³/mol. The van der Waals surface area contributed by atoms with Crippen LogP contribution in [0, 0.1) is 24.7 Å². The first-order chi connectivity index (χ1) is 19.9. The number of carbonyl (C=O) groups excluding carboxylic acids is 3. The zero-order valence-corrected chi connectivity index (χ0v) is 27.0. The molecular formula is C34H39NO7S. The fraction of sp³-hybridized carbons (Fsp3) is 0.471. The quantitative estimate of drug-likeness (QED) is 0.368. The number of Topliss-reactive ketones (excluding diaryl/α,β-unsaturated/α-hetero) is 3. The molecule has 0 saturated carbocycles. The third-order valence-electron chi connectivity index (χ3n) is 8.49. The van der Waals surface area contributed by atoms with E-state index in [1.54, 1.807) is 19.2 Å². The van der Waals surface area contributed by atoms with Gasteiger partial charge < -0.3 is 9.47 Å². The number of benzene rings is 1. The van der Waals surface area contributed by atoms with Crippen LogP contribution in [-0.2, 0) is 24.2 Å². The van der Waals surface area contributed by atoms with Gasteiger partial charge in [-0.25, -0.2) is 13.4 Å². The van der Waals surface area contributed by atoms with E-state index < -0.39 is 27.3 Å². The van der Waals surface area contributed by atoms with Crippen LogP contribution in [0.1, 0.15) is 86.5 Å². The number of pyridine rings is 1. The Morgan fingerprint density at radius 2 is 1.51 bits per heavy atom. The Morgan fingerprint density at radius 3 is 2.02 bits per heavy atom. The normalized spacial score (nSPS) is 20.0. The van der Waals surface area contributed by atoms with E-state index in [0.717, 1.165) is 17.4 Å². The van der Waals surface area contributed by atoms with E-state index in [4.69, 9.17) is 9.47 Å². The fourth-order valence-corrected chi connectivity index (χ4v) is 7.37. The molecule has 2 aliphatic carbocycles. The molecule has 2 aromatic rings. The summed E-state index contributed by atoms with van der Waals surface area (Å²) in [5.41, 5.74) is 3.87. The molecule has 3 aliphatic rings. The molecule has 228 valence electrons. The van der Waals surface area contributed by atoms with Gasteiger partial charge in [0.1, 0.15) is 28.7 Å². The highest BCUT2D eigenvalue weighted by atomic mass is 32.2. The molecule has 0 amide bonds. The molecule has 0 N–H and O–H groups in total. The van der Waals surface area contributed by atoms with Gasteiger partial charge in [-0.3, -0.25) is 14.4 Å². The first-order valence-corrected chi connectivity index (χ1v) is 16.5. The largest absolute Gasteiger partial charge is 0.496 e. The number of nitrogens with zero attached hydrogens (tertiary/aromatic N) is 1. The van der Waals surface area contributed by atoms with Crippen LogP contribution in [0.5, 0.6) is 5.75 Å². The molecule has 0 fully saturated rings. The van der Waals surface area contributed by atoms with Crippen LogP contribution in [0.15, 0.2) is 46.9 Å². The van der Waals surface area contributed by atoms with Crippen LogP contribution < -0.4 is 4.74 Å². The summed E-state index contributed by atoms with van der Waals surface area (Å²) in [5.74, 6) is -0.222. The number of methoxy groups -OCH3 is 1. The standard InChI is InChI=1S/C34H39NO7S/c1-18-11-21(35-22(12-18)25(38)17-43(8,39)40)20-9-10-26(41-7)29(19(20)2)32-30-23(36)13-33(3,4)15-27(30)42-28-16-34(5,6)14-24(37)31(28)32/h9-12,32H,13-17H2,1-8H3. The van der Waals surface area contributed by atoms with E-state index in [-0.39, 0.29) is 28.1 Å². The molecule has 1 aromatic carbocycles. The van der Waals surface area contributed by atoms with Crippen LogP contribution in [0.3, 0.4) is 0 Å². The number of hydrogen-bond acceptors (Lipinski definition) is 8. The zero-order chi connectivity index (χ0) is 31.6. The molecule has 0 spiro atoms. The minimum Gasteiger partial charge on any atom is -0.496 e. The summed E-state index contributed by atoms with van der Waals surface area (Å²) < 4.78 is 36.0. The highest BCUT2D eigenvalue weighted by Crippen LogP contribution is 2.55. The van der Waals surface area contributed by atoms with E-state index in [1.165, 1.54) is 0 Å². The summed E-state index contributed by atoms with van der Waals surface area (Å²) in [5, 5.41) is 0. The molecule has 0 unspecified atom stereocenters. The first kappa shape index (κ1) is 30.9. The number of hydrogen-bond donors (Lipinski definition) is 0. The molecule has 2 heterocycles. The second-order valence-corrected chi connectivity index (χ2v) is 16.0. The number of sulfone groups is 1. The van der Waals surface area contributed by atoms with Gasteiger partial charge in [-0.15, -0.1) is 0 Å². The van der Waals surface area contributed by atoms with Crippen molar-refractivity contribution < 1.29 is 32.3 Å². The number of carbonyl (C=O) groups is 3. The van der Waals surface area contributed by atoms with Gasteiger partial charge in [0, 0.05) is 54.2 Å². The van der Waals surface area contributed by atoms with E-state index in [2.05, 4.69) is 4.98 Å². The predicted octanol–water partition coefficient (Wildman–Crippen LogP) is 6.00. The lowest BCUT2D eigenvalue weighted by molar-refractivity contribution is -0.120. The van der Waals surface area contributed by atoms with Crippen molar-refractivity contribution in [2.45, 2.75) is 73.1 Å². The summed E-state index contributed by atoms with van der Waals surface area (Å²) in [6, 6.07) is 7.04. The van der Waals surface area contributed by atoms with Crippen LogP contribution in [0.4, 0.5) is 0 Å². The number of rotatable bonds is 6. The number of aromatic nitrogens is 1. The molecule has 0 radical (unpaired) electrons. The Hall–Kier alpha value is -3.59. The van der Waals surface area contributed by atoms with Crippen molar-refractivity contribution in [1.82, 2.24) is 4.98 Å². The molecular weight excluding hydrogens is 566 g/mol. The zero-order valence-electron chi connectivity index (χ0n) is 26.1. The summed E-state index contributed by atoms with van der Waals surface area (Å²) in [7, 11) is -1.98. The second kappa shape index (κ2) is 10.5. The lowest BCUT2D eigenvalue weighted by Crippen LogP contribution is -2.38. The van der Waals surface area contributed by atoms with Gasteiger partial charge >= 0.3 is 0 Å². The SMILES string of the molecule is COc1ccc(-c2cc(C)cc(C(=O)CS(C)(=O)=O)n2)c(C)c1C1C2=C(CC(C)(C)CC2=O)OC2=C1C(=O)CC(C)(C)C2. The minimum atomic E-state index is -3.54. The smallest absolute Gasteiger partial charge is 0.196 e. The summed E-state index contributed by atoms with van der Waals surface area (Å²) in [6.07, 6.45) is 2.83. The molecule has 0 atom stereocenters. The highest BCUT2D eigenvalue weighted by Gasteiger charge is 2.49. The maximum atomic E-state index is 13.9. The average molecular weight is 606 g/mol. The van der Waals surface area contributed by atoms with Crippen molar-refractivity contribution in [2.75, 3.05) is 19.1 Å². The molecule has 1 aromatic heterocycles. The highest BCUT2D eigenvalue weighted by molar-refractivity contribution is 7.91. The van der Waals surface area contributed by atoms with E-state index in [9.17, 15) is 22.8 Å². The van der Waals surface area contributed by atoms with Gasteiger partial charge in [-0.1, -0.05) is 27.7 Å². The van der Waals surface area contributed by atoms with Gasteiger partial charge in [0.05, 0.1) is 18.7 Å². The molecule has 43 heavy (non-hydrogen) atoms. The van der Waals surface area contributed by atoms with Gasteiger partial charge in [-0.05, 0) is 60.1 Å². The molecule has 9 heteroatoms. The Morgan fingerprint density at radius 1 is 0.953 bits per heavy atom. The molecule has 0 bridgehead atoms. The number of ether oxygens (including phenoxy) is 2. The van der Waals surface area contributed by atoms with Crippen molar-refractivity contribution in [2.24, 2.45) is 10.8 Å². The van der Waals surface area contributed by atoms with Crippen molar-refractivity contribution >= 4 is 27.2 Å². The average Bonchev–Trinajstić information content (AvgIpc) is 2.84. The van der Waals surface area contributed by atoms with Crippen molar-refractivity contribution in [3.63, 3.8) is 0 Å². The maximum Gasteiger partial charge on any atom is 0.196 e. The lowest BCUT2D eigenvalue weighted by Gasteiger charge is -2.43. The third kappa shape index (κ3) is 5.96. The topological polar surface area (TPSA) is 117 Å². The molecule has 0 saturated heterocycles. The Kier molecular flexibility index (Phi) is 7.56. The van der Waals surface area contributed by atoms with Crippen LogP contribution in [-0.4, -0.2) is 49.9 Å². The summed E-state index contributed by atoms with van der Waals surface area (Å²) >= 11 is 0. The Balaban J connectivity index is 1.75. The fourth-order valence-electron chi connectivity index (χ4n) is 6.74. The van der Waals surface area contributed by atoms with E-state index in [1.807, 2.05) is 53.7 Å². The van der Waals surface area contributed by atoms with Crippen molar-refractivity contribution in [3.8, 4) is 17.0 Å². The third-order valence-corrected chi connectivity index (χ3v) is 9.28. The molecule has 5 rings (SSSR count). The lowest BCUT2D eigenvalue weighted by atomic mass is 9.65. The van der Waals surface area contributed by atoms with Crippen LogP contribution in [0.2, 0.25) is 0 Å². The first-order valence-electron chi connectivity index (χ1n) is 14.5. The van der Waals surface area contributed by atoms with Gasteiger partial charge in [0.2, 0.25) is 0 Å². The monoisotopic (exact) mass is 605 g/mol. The minimum absolute atomic E-state index is 0.0466. The van der Waals surface area contributed by atoms with Gasteiger partial charge in [0.15, 0.2) is 27.2 Å². The Bertz CT molecular complexity index is 1710. The molecule has 8 nitrogen and oxygen atoms in total. The van der Waals surface area contributed by atoms with E-state index in [0.29, 0.717) is 70.9 Å². The number of ketones is 3. The summed E-state index contributed by atoms with van der Waals surface area (Å²) in [4.78, 5) is 45.1. The summed E-state index contributed by atoms with van der Waals surface area (Å²) in [6.45, 7) is 11.9. The van der Waals surface area contributed by atoms with Crippen molar-refractivity contribution in [1.29, 1.82) is 0 Å². The second-order valence-electron chi connectivity index (χ2n) is 13.9. The molecule has 1 aliphatic heterocycles. The van der Waals surface area contributed by atoms with Crippen LogP contribution in [0.25, 0.3) is 11.3 Å². The maximum absolute atomic E-state index is 13.9. The van der Waals surface area contributed by atoms with E-state index >= 15 is 0 Å². The van der Waals surface area contributed by atoms with Crippen molar-refractivity contribution in [3.05, 3.63) is 69.3 Å². The van der Waals surface area contributed by atoms with Crippen LogP contribution >= 0.6 is 0 Å². The number of allylic oxidation sites excluding steroid dienone is 4. The van der Waals surface area contributed by atoms with Gasteiger partial charge in [-0.2, -0.15) is 0 Å². The number of aryl methyl sites for hydroxylation is 1. The Labute approximate surface area is 253 Å².